The fraction of sp³-hybridized carbons (Fsp3) is 0.269. The largest absolute Gasteiger partial charge is 0.495 e. The first-order valence-electron chi connectivity index (χ1n) is 11.4. The van der Waals surface area contributed by atoms with Crippen LogP contribution in [0.2, 0.25) is 0 Å². The molecule has 10 heteroatoms. The van der Waals surface area contributed by atoms with Crippen LogP contribution in [0.25, 0.3) is 0 Å². The van der Waals surface area contributed by atoms with Gasteiger partial charge in [0.05, 0.1) is 26.2 Å². The first-order valence-corrected chi connectivity index (χ1v) is 11.4. The maximum Gasteiger partial charge on any atom is 0.289 e. The third kappa shape index (κ3) is 5.60. The molecule has 10 nitrogen and oxygen atoms in total. The third-order valence-corrected chi connectivity index (χ3v) is 5.74. The number of rotatable bonds is 8. The van der Waals surface area contributed by atoms with Gasteiger partial charge < -0.3 is 33.7 Å². The fourth-order valence-corrected chi connectivity index (χ4v) is 3.85. The summed E-state index contributed by atoms with van der Waals surface area (Å²) in [5.74, 6) is 0.743. The van der Waals surface area contributed by atoms with Crippen LogP contribution in [0.1, 0.15) is 20.9 Å². The molecule has 188 valence electrons. The maximum absolute atomic E-state index is 13.0. The Morgan fingerprint density at radius 1 is 0.833 bits per heavy atom. The van der Waals surface area contributed by atoms with E-state index in [4.69, 9.17) is 18.6 Å². The van der Waals surface area contributed by atoms with Crippen molar-refractivity contribution in [3.05, 3.63) is 72.2 Å². The second-order valence-corrected chi connectivity index (χ2v) is 7.96. The molecular weight excluding hydrogens is 466 g/mol. The van der Waals surface area contributed by atoms with Crippen LogP contribution in [-0.2, 0) is 4.79 Å². The van der Waals surface area contributed by atoms with Crippen LogP contribution in [0, 0.1) is 0 Å². The standard InChI is InChI=1S/C26H27N3O7/c1-33-20-7-4-3-6-19(20)27-24(30)17-36-21-10-9-18(16-23(21)34-2)25(31)28-11-13-29(14-12-28)26(32)22-8-5-15-35-22/h3-10,15-16H,11-14,17H2,1-2H3,(H,27,30). The number of carbonyl (C=O) groups excluding carboxylic acids is 3. The summed E-state index contributed by atoms with van der Waals surface area (Å²) in [6.07, 6.45) is 1.46. The highest BCUT2D eigenvalue weighted by Crippen LogP contribution is 2.29. The summed E-state index contributed by atoms with van der Waals surface area (Å²) < 4.78 is 21.4. The molecule has 2 heterocycles. The van der Waals surface area contributed by atoms with Crippen LogP contribution in [0.5, 0.6) is 17.2 Å². The summed E-state index contributed by atoms with van der Waals surface area (Å²) in [5, 5.41) is 2.74. The lowest BCUT2D eigenvalue weighted by atomic mass is 10.1. The molecule has 0 saturated carbocycles. The van der Waals surface area contributed by atoms with E-state index in [2.05, 4.69) is 5.32 Å². The molecule has 1 aliphatic heterocycles. The number of piperazine rings is 1. The number of benzene rings is 2. The molecule has 0 atom stereocenters. The summed E-state index contributed by atoms with van der Waals surface area (Å²) in [6, 6.07) is 15.1. The summed E-state index contributed by atoms with van der Waals surface area (Å²) in [4.78, 5) is 41.2. The number of nitrogens with one attached hydrogen (secondary N) is 1. The Balaban J connectivity index is 1.33. The molecule has 3 aromatic rings. The summed E-state index contributed by atoms with van der Waals surface area (Å²) in [6.45, 7) is 1.35. The van der Waals surface area contributed by atoms with E-state index in [1.54, 1.807) is 64.4 Å². The van der Waals surface area contributed by atoms with Gasteiger partial charge in [0, 0.05) is 31.7 Å². The van der Waals surface area contributed by atoms with Crippen molar-refractivity contribution in [2.75, 3.05) is 52.3 Å². The van der Waals surface area contributed by atoms with Crippen LogP contribution in [-0.4, -0.2) is 74.5 Å². The van der Waals surface area contributed by atoms with Crippen molar-refractivity contribution in [3.63, 3.8) is 0 Å². The number of para-hydroxylation sites is 2. The second kappa shape index (κ2) is 11.3. The second-order valence-electron chi connectivity index (χ2n) is 7.96. The SMILES string of the molecule is COc1ccccc1NC(=O)COc1ccc(C(=O)N2CCN(C(=O)c3ccco3)CC2)cc1OC. The first-order chi connectivity index (χ1) is 17.5. The lowest BCUT2D eigenvalue weighted by Gasteiger charge is -2.34. The zero-order valence-electron chi connectivity index (χ0n) is 20.1. The molecule has 1 N–H and O–H groups in total. The van der Waals surface area contributed by atoms with Gasteiger partial charge in [0.25, 0.3) is 17.7 Å². The molecule has 0 unspecified atom stereocenters. The normalized spacial score (nSPS) is 13.2. The summed E-state index contributed by atoms with van der Waals surface area (Å²) in [5.41, 5.74) is 0.955. The minimum absolute atomic E-state index is 0.182. The lowest BCUT2D eigenvalue weighted by Crippen LogP contribution is -2.50. The average molecular weight is 494 g/mol. The van der Waals surface area contributed by atoms with Gasteiger partial charge in [-0.05, 0) is 42.5 Å². The van der Waals surface area contributed by atoms with Gasteiger partial charge in [-0.15, -0.1) is 0 Å². The van der Waals surface area contributed by atoms with Crippen molar-refractivity contribution in [2.45, 2.75) is 0 Å². The zero-order chi connectivity index (χ0) is 25.5. The van der Waals surface area contributed by atoms with E-state index >= 15 is 0 Å². The molecule has 3 amide bonds. The molecular formula is C26H27N3O7. The third-order valence-electron chi connectivity index (χ3n) is 5.74. The Bertz CT molecular complexity index is 1220. The lowest BCUT2D eigenvalue weighted by molar-refractivity contribution is -0.118. The maximum atomic E-state index is 13.0. The van der Waals surface area contributed by atoms with Gasteiger partial charge in [0.2, 0.25) is 0 Å². The number of hydrogen-bond acceptors (Lipinski definition) is 7. The molecule has 1 saturated heterocycles. The van der Waals surface area contributed by atoms with E-state index < -0.39 is 0 Å². The monoisotopic (exact) mass is 493 g/mol. The molecule has 0 spiro atoms. The van der Waals surface area contributed by atoms with Crippen molar-refractivity contribution in [2.24, 2.45) is 0 Å². The highest BCUT2D eigenvalue weighted by molar-refractivity contribution is 5.96. The smallest absolute Gasteiger partial charge is 0.289 e. The molecule has 0 radical (unpaired) electrons. The molecule has 0 bridgehead atoms. The van der Waals surface area contributed by atoms with Gasteiger partial charge >= 0.3 is 0 Å². The van der Waals surface area contributed by atoms with Crippen molar-refractivity contribution in [3.8, 4) is 17.2 Å². The topological polar surface area (TPSA) is 111 Å². The van der Waals surface area contributed by atoms with E-state index in [9.17, 15) is 14.4 Å². The summed E-state index contributed by atoms with van der Waals surface area (Å²) in [7, 11) is 2.99. The number of hydrogen-bond donors (Lipinski definition) is 1. The minimum Gasteiger partial charge on any atom is -0.495 e. The van der Waals surface area contributed by atoms with Crippen molar-refractivity contribution >= 4 is 23.4 Å². The van der Waals surface area contributed by atoms with Crippen LogP contribution >= 0.6 is 0 Å². The Kier molecular flexibility index (Phi) is 7.74. The number of nitrogens with zero attached hydrogens (tertiary/aromatic N) is 2. The van der Waals surface area contributed by atoms with Gasteiger partial charge in [-0.2, -0.15) is 0 Å². The molecule has 0 aliphatic carbocycles. The number of amides is 3. The van der Waals surface area contributed by atoms with Gasteiger partial charge in [0.15, 0.2) is 23.9 Å². The van der Waals surface area contributed by atoms with Crippen LogP contribution in [0.4, 0.5) is 5.69 Å². The summed E-state index contributed by atoms with van der Waals surface area (Å²) >= 11 is 0. The first kappa shape index (κ1) is 24.6. The Labute approximate surface area is 208 Å². The molecule has 1 fully saturated rings. The molecule has 4 rings (SSSR count). The Morgan fingerprint density at radius 3 is 2.19 bits per heavy atom. The van der Waals surface area contributed by atoms with E-state index in [0.717, 1.165) is 0 Å². The molecule has 1 aliphatic rings. The average Bonchev–Trinajstić information content (AvgIpc) is 3.46. The molecule has 36 heavy (non-hydrogen) atoms. The van der Waals surface area contributed by atoms with E-state index in [0.29, 0.717) is 54.7 Å². The van der Waals surface area contributed by atoms with Crippen LogP contribution < -0.4 is 19.5 Å². The van der Waals surface area contributed by atoms with E-state index in [1.807, 2.05) is 0 Å². The number of methoxy groups -OCH3 is 2. The van der Waals surface area contributed by atoms with Gasteiger partial charge in [-0.3, -0.25) is 14.4 Å². The van der Waals surface area contributed by atoms with Gasteiger partial charge in [0.1, 0.15) is 5.75 Å². The number of anilines is 1. The predicted molar refractivity (Wildman–Crippen MR) is 131 cm³/mol. The number of furan rings is 1. The van der Waals surface area contributed by atoms with Gasteiger partial charge in [-0.25, -0.2) is 0 Å². The van der Waals surface area contributed by atoms with Crippen LogP contribution in [0.15, 0.2) is 65.3 Å². The predicted octanol–water partition coefficient (Wildman–Crippen LogP) is 2.91. The van der Waals surface area contributed by atoms with Crippen molar-refractivity contribution < 1.29 is 33.0 Å². The number of carbonyl (C=O) groups is 3. The van der Waals surface area contributed by atoms with Crippen LogP contribution in [0.3, 0.4) is 0 Å². The highest BCUT2D eigenvalue weighted by atomic mass is 16.5. The highest BCUT2D eigenvalue weighted by Gasteiger charge is 2.27. The number of ether oxygens (including phenoxy) is 3. The zero-order valence-corrected chi connectivity index (χ0v) is 20.1. The quantitative estimate of drug-likeness (QED) is 0.514. The molecule has 2 aromatic carbocycles. The molecule has 1 aromatic heterocycles. The Hall–Kier alpha value is -4.47. The van der Waals surface area contributed by atoms with Crippen molar-refractivity contribution in [1.82, 2.24) is 9.80 Å². The van der Waals surface area contributed by atoms with E-state index in [1.165, 1.54) is 20.5 Å². The Morgan fingerprint density at radius 2 is 1.53 bits per heavy atom. The van der Waals surface area contributed by atoms with Crippen molar-refractivity contribution in [1.29, 1.82) is 0 Å². The van der Waals surface area contributed by atoms with E-state index in [-0.39, 0.29) is 30.1 Å². The van der Waals surface area contributed by atoms with Gasteiger partial charge in [-0.1, -0.05) is 12.1 Å². The fourth-order valence-electron chi connectivity index (χ4n) is 3.85. The minimum atomic E-state index is -0.372.